The molecule has 0 aromatic heterocycles. The lowest BCUT2D eigenvalue weighted by molar-refractivity contribution is -0.134. The molecule has 2 rings (SSSR count). The lowest BCUT2D eigenvalue weighted by atomic mass is 10.0. The van der Waals surface area contributed by atoms with E-state index in [1.165, 1.54) is 0 Å². The number of likely N-dealkylation sites (tertiary alicyclic amines) is 1. The van der Waals surface area contributed by atoms with Crippen LogP contribution >= 0.6 is 15.9 Å². The summed E-state index contributed by atoms with van der Waals surface area (Å²) in [6, 6.07) is 0.251. The normalized spacial score (nSPS) is 21.8. The number of piperidine rings is 1. The first-order valence-electron chi connectivity index (χ1n) is 6.66. The van der Waals surface area contributed by atoms with Gasteiger partial charge in [0.1, 0.15) is 0 Å². The van der Waals surface area contributed by atoms with Crippen LogP contribution in [0.1, 0.15) is 39.5 Å². The molecule has 102 valence electrons. The minimum absolute atomic E-state index is 0.134. The van der Waals surface area contributed by atoms with E-state index < -0.39 is 4.32 Å². The number of halogens is 1. The topological polar surface area (TPSA) is 49.4 Å². The largest absolute Gasteiger partial charge is 0.353 e. The average molecular weight is 317 g/mol. The van der Waals surface area contributed by atoms with Gasteiger partial charge in [0.2, 0.25) is 11.8 Å². The van der Waals surface area contributed by atoms with Gasteiger partial charge in [-0.3, -0.25) is 9.59 Å². The molecule has 1 saturated heterocycles. The third-order valence-corrected chi connectivity index (χ3v) is 3.92. The SMILES string of the molecule is CC(C)(Br)C(=O)N1CCC(NC(=O)C2CC2)CC1. The molecule has 1 aliphatic carbocycles. The van der Waals surface area contributed by atoms with Gasteiger partial charge in [-0.05, 0) is 39.5 Å². The van der Waals surface area contributed by atoms with Gasteiger partial charge < -0.3 is 10.2 Å². The van der Waals surface area contributed by atoms with Crippen molar-refractivity contribution in [2.75, 3.05) is 13.1 Å². The molecule has 0 spiro atoms. The van der Waals surface area contributed by atoms with Crippen LogP contribution in [-0.4, -0.2) is 40.2 Å². The first-order chi connectivity index (χ1) is 8.38. The van der Waals surface area contributed by atoms with Gasteiger partial charge in [-0.25, -0.2) is 0 Å². The van der Waals surface area contributed by atoms with Crippen molar-refractivity contribution < 1.29 is 9.59 Å². The van der Waals surface area contributed by atoms with Crippen LogP contribution in [0.5, 0.6) is 0 Å². The predicted molar refractivity (Wildman–Crippen MR) is 73.5 cm³/mol. The lowest BCUT2D eigenvalue weighted by Gasteiger charge is -2.35. The van der Waals surface area contributed by atoms with Gasteiger partial charge in [0.15, 0.2) is 0 Å². The number of amides is 2. The molecule has 0 radical (unpaired) electrons. The minimum Gasteiger partial charge on any atom is -0.353 e. The summed E-state index contributed by atoms with van der Waals surface area (Å²) in [6.07, 6.45) is 3.82. The molecule has 0 bridgehead atoms. The maximum Gasteiger partial charge on any atom is 0.238 e. The number of carbonyl (C=O) groups excluding carboxylic acids is 2. The maximum atomic E-state index is 12.1. The lowest BCUT2D eigenvalue weighted by Crippen LogP contribution is -2.50. The quantitative estimate of drug-likeness (QED) is 0.805. The Hall–Kier alpha value is -0.580. The second-order valence-electron chi connectivity index (χ2n) is 5.82. The fourth-order valence-electron chi connectivity index (χ4n) is 2.27. The molecule has 1 aliphatic heterocycles. The molecular formula is C13H21BrN2O2. The smallest absolute Gasteiger partial charge is 0.238 e. The van der Waals surface area contributed by atoms with E-state index in [1.54, 1.807) is 0 Å². The Bertz CT molecular complexity index is 339. The molecule has 2 amide bonds. The first kappa shape index (κ1) is 13.8. The van der Waals surface area contributed by atoms with Crippen molar-refractivity contribution in [3.05, 3.63) is 0 Å². The average Bonchev–Trinajstić information content (AvgIpc) is 3.11. The third-order valence-electron chi connectivity index (χ3n) is 3.59. The van der Waals surface area contributed by atoms with Crippen LogP contribution in [0.4, 0.5) is 0 Å². The van der Waals surface area contributed by atoms with E-state index in [0.717, 1.165) is 38.8 Å². The van der Waals surface area contributed by atoms with Crippen LogP contribution < -0.4 is 5.32 Å². The van der Waals surface area contributed by atoms with Gasteiger partial charge >= 0.3 is 0 Å². The standard InChI is InChI=1S/C13H21BrN2O2/c1-13(2,14)12(18)16-7-5-10(6-8-16)15-11(17)9-3-4-9/h9-10H,3-8H2,1-2H3,(H,15,17). The van der Waals surface area contributed by atoms with Crippen LogP contribution in [0.25, 0.3) is 0 Å². The van der Waals surface area contributed by atoms with Gasteiger partial charge in [-0.1, -0.05) is 15.9 Å². The molecule has 2 fully saturated rings. The Morgan fingerprint density at radius 2 is 1.72 bits per heavy atom. The highest BCUT2D eigenvalue weighted by Crippen LogP contribution is 2.29. The number of carbonyl (C=O) groups is 2. The Morgan fingerprint density at radius 3 is 2.17 bits per heavy atom. The number of alkyl halides is 1. The van der Waals surface area contributed by atoms with Gasteiger partial charge in [-0.15, -0.1) is 0 Å². The molecule has 0 aromatic carbocycles. The summed E-state index contributed by atoms with van der Waals surface area (Å²) in [6.45, 7) is 5.22. The summed E-state index contributed by atoms with van der Waals surface area (Å²) in [7, 11) is 0. The van der Waals surface area contributed by atoms with Crippen molar-refractivity contribution in [3.8, 4) is 0 Å². The number of hydrogen-bond acceptors (Lipinski definition) is 2. The molecule has 4 nitrogen and oxygen atoms in total. The summed E-state index contributed by atoms with van der Waals surface area (Å²) < 4.78 is -0.489. The molecule has 1 saturated carbocycles. The van der Waals surface area contributed by atoms with Crippen LogP contribution in [0.15, 0.2) is 0 Å². The molecule has 1 N–H and O–H groups in total. The van der Waals surface area contributed by atoms with Gasteiger partial charge in [0.05, 0.1) is 4.32 Å². The monoisotopic (exact) mass is 316 g/mol. The van der Waals surface area contributed by atoms with Gasteiger partial charge in [-0.2, -0.15) is 0 Å². The van der Waals surface area contributed by atoms with Crippen molar-refractivity contribution in [1.82, 2.24) is 10.2 Å². The summed E-state index contributed by atoms with van der Waals surface area (Å²) >= 11 is 3.40. The fourth-order valence-corrected chi connectivity index (χ4v) is 2.52. The van der Waals surface area contributed by atoms with Gasteiger partial charge in [0, 0.05) is 25.0 Å². The molecule has 0 atom stereocenters. The summed E-state index contributed by atoms with van der Waals surface area (Å²) in [4.78, 5) is 25.6. The van der Waals surface area contributed by atoms with Crippen LogP contribution in [-0.2, 0) is 9.59 Å². The molecule has 0 aromatic rings. The fraction of sp³-hybridized carbons (Fsp3) is 0.846. The highest BCUT2D eigenvalue weighted by Gasteiger charge is 2.34. The molecular weight excluding hydrogens is 296 g/mol. The highest BCUT2D eigenvalue weighted by atomic mass is 79.9. The second kappa shape index (κ2) is 5.19. The van der Waals surface area contributed by atoms with E-state index in [1.807, 2.05) is 18.7 Å². The van der Waals surface area contributed by atoms with Crippen molar-refractivity contribution in [3.63, 3.8) is 0 Å². The van der Waals surface area contributed by atoms with E-state index in [0.29, 0.717) is 0 Å². The first-order valence-corrected chi connectivity index (χ1v) is 7.46. The Morgan fingerprint density at radius 1 is 1.17 bits per heavy atom. The zero-order valence-electron chi connectivity index (χ0n) is 11.0. The van der Waals surface area contributed by atoms with E-state index in [9.17, 15) is 9.59 Å². The Balaban J connectivity index is 1.77. The van der Waals surface area contributed by atoms with E-state index in [4.69, 9.17) is 0 Å². The maximum absolute atomic E-state index is 12.1. The number of nitrogens with one attached hydrogen (secondary N) is 1. The van der Waals surface area contributed by atoms with Crippen molar-refractivity contribution in [1.29, 1.82) is 0 Å². The zero-order valence-corrected chi connectivity index (χ0v) is 12.6. The summed E-state index contributed by atoms with van der Waals surface area (Å²) in [5.74, 6) is 0.612. The van der Waals surface area contributed by atoms with Crippen LogP contribution in [0.2, 0.25) is 0 Å². The Labute approximate surface area is 117 Å². The van der Waals surface area contributed by atoms with Crippen LogP contribution in [0.3, 0.4) is 0 Å². The molecule has 1 heterocycles. The minimum atomic E-state index is -0.489. The zero-order chi connectivity index (χ0) is 13.3. The third kappa shape index (κ3) is 3.46. The highest BCUT2D eigenvalue weighted by molar-refractivity contribution is 9.10. The van der Waals surface area contributed by atoms with Gasteiger partial charge in [0.25, 0.3) is 0 Å². The molecule has 0 unspecified atom stereocenters. The molecule has 18 heavy (non-hydrogen) atoms. The van der Waals surface area contributed by atoms with Crippen molar-refractivity contribution in [2.45, 2.75) is 49.9 Å². The summed E-state index contributed by atoms with van der Waals surface area (Å²) in [5, 5.41) is 3.09. The predicted octanol–water partition coefficient (Wildman–Crippen LogP) is 1.68. The van der Waals surface area contributed by atoms with Crippen LogP contribution in [0, 0.1) is 5.92 Å². The molecule has 2 aliphatic rings. The number of nitrogens with zero attached hydrogens (tertiary/aromatic N) is 1. The van der Waals surface area contributed by atoms with E-state index >= 15 is 0 Å². The molecule has 5 heteroatoms. The number of rotatable bonds is 3. The second-order valence-corrected chi connectivity index (χ2v) is 7.80. The van der Waals surface area contributed by atoms with Crippen molar-refractivity contribution >= 4 is 27.7 Å². The van der Waals surface area contributed by atoms with E-state index in [2.05, 4.69) is 21.2 Å². The van der Waals surface area contributed by atoms with Crippen molar-refractivity contribution in [2.24, 2.45) is 5.92 Å². The van der Waals surface area contributed by atoms with E-state index in [-0.39, 0.29) is 23.8 Å². The Kier molecular flexibility index (Phi) is 3.99. The number of hydrogen-bond donors (Lipinski definition) is 1. The summed E-state index contributed by atoms with van der Waals surface area (Å²) in [5.41, 5.74) is 0.